The fraction of sp³-hybridized carbons (Fsp3) is 0.915. The number of hydrogen-bond donors (Lipinski definition) is 2. The van der Waals surface area contributed by atoms with Crippen LogP contribution < -0.4 is 0 Å². The molecule has 0 bridgehead atoms. The molecule has 0 aliphatic heterocycles. The molecule has 0 spiro atoms. The van der Waals surface area contributed by atoms with Crippen molar-refractivity contribution in [1.82, 2.24) is 4.90 Å². The second-order valence-corrected chi connectivity index (χ2v) is 20.1. The molecule has 0 amide bonds. The zero-order valence-corrected chi connectivity index (χ0v) is 38.0. The third-order valence-corrected chi connectivity index (χ3v) is 12.2. The van der Waals surface area contributed by atoms with E-state index in [4.69, 9.17) is 13.6 Å². The van der Waals surface area contributed by atoms with Crippen molar-refractivity contribution in [1.29, 1.82) is 0 Å². The molecule has 6 nitrogen and oxygen atoms in total. The van der Waals surface area contributed by atoms with Crippen molar-refractivity contribution < 1.29 is 23.8 Å². The van der Waals surface area contributed by atoms with Gasteiger partial charge in [-0.25, -0.2) is 0 Å². The zero-order chi connectivity index (χ0) is 39.6. The number of rotatable bonds is 44. The molecule has 1 atom stereocenters. The molecule has 0 rings (SSSR count). The molecule has 0 saturated carbocycles. The predicted molar refractivity (Wildman–Crippen MR) is 238 cm³/mol. The van der Waals surface area contributed by atoms with Gasteiger partial charge in [-0.3, -0.25) is 4.90 Å². The summed E-state index contributed by atoms with van der Waals surface area (Å²) in [4.78, 5) is 2.13. The number of unbranched alkanes of at least 4 members (excludes halogenated alkanes) is 22. The Balaban J connectivity index is 4.35. The Morgan fingerprint density at radius 3 is 1.52 bits per heavy atom. The van der Waals surface area contributed by atoms with Gasteiger partial charge in [0.05, 0.1) is 13.2 Å². The van der Waals surface area contributed by atoms with E-state index in [1.165, 1.54) is 135 Å². The van der Waals surface area contributed by atoms with E-state index >= 15 is 0 Å². The fourth-order valence-corrected chi connectivity index (χ4v) is 8.54. The van der Waals surface area contributed by atoms with Gasteiger partial charge in [-0.05, 0) is 89.8 Å². The van der Waals surface area contributed by atoms with Crippen LogP contribution in [0, 0.1) is 5.92 Å². The summed E-state index contributed by atoms with van der Waals surface area (Å²) in [6, 6.07) is 0. The Morgan fingerprint density at radius 2 is 0.981 bits per heavy atom. The quantitative estimate of drug-likeness (QED) is 0.0278. The molecule has 1 unspecified atom stereocenters. The molecule has 7 heteroatoms. The van der Waals surface area contributed by atoms with Crippen LogP contribution in [0.5, 0.6) is 0 Å². The Labute approximate surface area is 338 Å². The molecular formula is C47H95NO5Si. The molecule has 0 aromatic heterocycles. The van der Waals surface area contributed by atoms with Crippen LogP contribution in [0.2, 0.25) is 13.1 Å². The summed E-state index contributed by atoms with van der Waals surface area (Å²) in [5, 5.41) is 18.4. The first-order valence-corrected chi connectivity index (χ1v) is 26.3. The summed E-state index contributed by atoms with van der Waals surface area (Å²) < 4.78 is 19.4. The average Bonchev–Trinajstić information content (AvgIpc) is 3.14. The van der Waals surface area contributed by atoms with Gasteiger partial charge in [-0.1, -0.05) is 167 Å². The van der Waals surface area contributed by atoms with Crippen molar-refractivity contribution in [2.24, 2.45) is 5.92 Å². The maximum Gasteiger partial charge on any atom is 0.333 e. The zero-order valence-electron chi connectivity index (χ0n) is 37.0. The molecule has 54 heavy (non-hydrogen) atoms. The normalized spacial score (nSPS) is 13.1. The first-order chi connectivity index (χ1) is 26.3. The monoisotopic (exact) mass is 782 g/mol. The highest BCUT2D eigenvalue weighted by atomic mass is 28.4. The Kier molecular flexibility index (Phi) is 41.7. The Morgan fingerprint density at radius 1 is 0.519 bits per heavy atom. The van der Waals surface area contributed by atoms with Crippen LogP contribution in [-0.4, -0.2) is 76.0 Å². The lowest BCUT2D eigenvalue weighted by atomic mass is 10.0. The lowest BCUT2D eigenvalue weighted by Gasteiger charge is -2.29. The summed E-state index contributed by atoms with van der Waals surface area (Å²) >= 11 is 0. The SMILES string of the molecule is CCCCC/C=C\C/C=C\CCCCCCCC(OCCCCCCCCCCCCCCC(C)C)O[Si](C)(C)OCCCCCCN(CCO)CCO. The lowest BCUT2D eigenvalue weighted by molar-refractivity contribution is -0.104. The number of aliphatic hydroxyl groups excluding tert-OH is 2. The summed E-state index contributed by atoms with van der Waals surface area (Å²) in [7, 11) is -2.30. The molecule has 0 aliphatic rings. The molecular weight excluding hydrogens is 687 g/mol. The molecule has 322 valence electrons. The van der Waals surface area contributed by atoms with Gasteiger partial charge in [0.2, 0.25) is 0 Å². The maximum absolute atomic E-state index is 9.22. The standard InChI is InChI=1S/C47H95NO5Si/c1-6-7-8-9-10-11-12-13-14-15-19-22-25-28-33-38-47(51-44-35-30-26-23-20-17-16-18-21-24-27-32-37-46(2)3)53-54(4,5)52-45-36-31-29-34-39-48(40-42-49)41-43-50/h10-11,13-14,46-47,49-50H,6-9,12,15-45H2,1-5H3/b11-10-,14-13-. The Hall–Kier alpha value is -0.543. The minimum Gasteiger partial charge on any atom is -0.395 e. The Bertz CT molecular complexity index is 786. The first kappa shape index (κ1) is 53.5. The molecule has 0 aromatic carbocycles. The van der Waals surface area contributed by atoms with Crippen LogP contribution in [0.1, 0.15) is 207 Å². The number of hydrogen-bond acceptors (Lipinski definition) is 6. The largest absolute Gasteiger partial charge is 0.395 e. The van der Waals surface area contributed by atoms with Gasteiger partial charge in [0.15, 0.2) is 0 Å². The van der Waals surface area contributed by atoms with E-state index in [1.807, 2.05) is 0 Å². The molecule has 0 heterocycles. The summed E-state index contributed by atoms with van der Waals surface area (Å²) in [5.41, 5.74) is 0. The van der Waals surface area contributed by atoms with Gasteiger partial charge in [0.25, 0.3) is 0 Å². The highest BCUT2D eigenvalue weighted by molar-refractivity contribution is 6.64. The highest BCUT2D eigenvalue weighted by Crippen LogP contribution is 2.19. The lowest BCUT2D eigenvalue weighted by Crippen LogP contribution is -2.40. The second-order valence-electron chi connectivity index (χ2n) is 16.8. The number of ether oxygens (including phenoxy) is 1. The smallest absolute Gasteiger partial charge is 0.333 e. The fourth-order valence-electron chi connectivity index (χ4n) is 7.01. The van der Waals surface area contributed by atoms with E-state index in [-0.39, 0.29) is 19.5 Å². The van der Waals surface area contributed by atoms with Crippen LogP contribution in [0.4, 0.5) is 0 Å². The van der Waals surface area contributed by atoms with Crippen molar-refractivity contribution in [3.8, 4) is 0 Å². The van der Waals surface area contributed by atoms with E-state index in [9.17, 15) is 10.2 Å². The molecule has 0 fully saturated rings. The minimum atomic E-state index is -2.30. The van der Waals surface area contributed by atoms with Gasteiger partial charge < -0.3 is 23.8 Å². The second kappa shape index (κ2) is 42.1. The van der Waals surface area contributed by atoms with Crippen LogP contribution in [0.3, 0.4) is 0 Å². The van der Waals surface area contributed by atoms with Crippen molar-refractivity contribution in [3.63, 3.8) is 0 Å². The minimum absolute atomic E-state index is 0.146. The van der Waals surface area contributed by atoms with E-state index in [2.05, 4.69) is 63.1 Å². The predicted octanol–water partition coefficient (Wildman–Crippen LogP) is 13.5. The highest BCUT2D eigenvalue weighted by Gasteiger charge is 2.29. The van der Waals surface area contributed by atoms with Gasteiger partial charge in [0.1, 0.15) is 6.29 Å². The first-order valence-electron chi connectivity index (χ1n) is 23.5. The van der Waals surface area contributed by atoms with Gasteiger partial charge in [-0.15, -0.1) is 0 Å². The van der Waals surface area contributed by atoms with Crippen LogP contribution in [0.15, 0.2) is 24.3 Å². The molecule has 0 saturated heterocycles. The number of aliphatic hydroxyl groups is 2. The molecule has 0 radical (unpaired) electrons. The van der Waals surface area contributed by atoms with Crippen molar-refractivity contribution >= 4 is 8.56 Å². The molecule has 0 aliphatic carbocycles. The third-order valence-electron chi connectivity index (χ3n) is 10.4. The van der Waals surface area contributed by atoms with Crippen LogP contribution in [-0.2, 0) is 13.6 Å². The van der Waals surface area contributed by atoms with Gasteiger partial charge in [-0.2, -0.15) is 0 Å². The van der Waals surface area contributed by atoms with Crippen molar-refractivity contribution in [2.75, 3.05) is 46.1 Å². The topological polar surface area (TPSA) is 71.4 Å². The summed E-state index contributed by atoms with van der Waals surface area (Å²) in [5.74, 6) is 0.859. The summed E-state index contributed by atoms with van der Waals surface area (Å²) in [6.07, 6.45) is 46.0. The van der Waals surface area contributed by atoms with Gasteiger partial charge >= 0.3 is 8.56 Å². The number of allylic oxidation sites excluding steroid dienone is 4. The van der Waals surface area contributed by atoms with Crippen molar-refractivity contribution in [2.45, 2.75) is 226 Å². The van der Waals surface area contributed by atoms with Crippen LogP contribution in [0.25, 0.3) is 0 Å². The van der Waals surface area contributed by atoms with Gasteiger partial charge in [0, 0.05) is 26.3 Å². The van der Waals surface area contributed by atoms with Crippen molar-refractivity contribution in [3.05, 3.63) is 24.3 Å². The van der Waals surface area contributed by atoms with E-state index in [0.717, 1.165) is 77.0 Å². The molecule has 0 aromatic rings. The molecule has 2 N–H and O–H groups in total. The third kappa shape index (κ3) is 41.1. The maximum atomic E-state index is 9.22. The summed E-state index contributed by atoms with van der Waals surface area (Å²) in [6.45, 7) is 15.3. The van der Waals surface area contributed by atoms with E-state index < -0.39 is 8.56 Å². The number of nitrogens with zero attached hydrogens (tertiary/aromatic N) is 1. The average molecular weight is 782 g/mol. The van der Waals surface area contributed by atoms with Crippen LogP contribution >= 0.6 is 0 Å². The van der Waals surface area contributed by atoms with E-state index in [1.54, 1.807) is 0 Å². The van der Waals surface area contributed by atoms with E-state index in [0.29, 0.717) is 13.1 Å².